The Balaban J connectivity index is 2.09. The van der Waals surface area contributed by atoms with Gasteiger partial charge in [-0.3, -0.25) is 0 Å². The molecule has 114 valence electrons. The molecule has 1 saturated carbocycles. The molecule has 1 aromatic carbocycles. The molecule has 1 fully saturated rings. The maximum absolute atomic E-state index is 12.5. The van der Waals surface area contributed by atoms with Crippen LogP contribution in [-0.2, 0) is 16.6 Å². The van der Waals surface area contributed by atoms with Gasteiger partial charge < -0.3 is 5.32 Å². The first-order valence-electron chi connectivity index (χ1n) is 7.34. The van der Waals surface area contributed by atoms with Gasteiger partial charge in [-0.1, -0.05) is 25.0 Å². The summed E-state index contributed by atoms with van der Waals surface area (Å²) in [6.45, 7) is 3.28. The predicted octanol–water partition coefficient (Wildman–Crippen LogP) is 1.97. The molecular formula is C16H22N2O2S. The van der Waals surface area contributed by atoms with Crippen LogP contribution in [0.15, 0.2) is 29.2 Å². The monoisotopic (exact) mass is 306 g/mol. The number of hydrogen-bond acceptors (Lipinski definition) is 3. The van der Waals surface area contributed by atoms with Crippen LogP contribution >= 0.6 is 0 Å². The molecule has 0 amide bonds. The summed E-state index contributed by atoms with van der Waals surface area (Å²) in [5, 5.41) is 3.41. The Bertz CT molecular complexity index is 598. The van der Waals surface area contributed by atoms with E-state index in [1.807, 2.05) is 19.1 Å². The molecule has 0 spiro atoms. The third kappa shape index (κ3) is 4.31. The molecule has 1 N–H and O–H groups in total. The molecule has 0 saturated heterocycles. The van der Waals surface area contributed by atoms with Gasteiger partial charge in [-0.15, -0.1) is 6.42 Å². The van der Waals surface area contributed by atoms with Crippen LogP contribution in [0.4, 0.5) is 0 Å². The molecular weight excluding hydrogens is 284 g/mol. The summed E-state index contributed by atoms with van der Waals surface area (Å²) < 4.78 is 26.4. The molecule has 21 heavy (non-hydrogen) atoms. The fourth-order valence-electron chi connectivity index (χ4n) is 2.11. The van der Waals surface area contributed by atoms with Crippen LogP contribution < -0.4 is 5.32 Å². The van der Waals surface area contributed by atoms with Gasteiger partial charge in [-0.2, -0.15) is 4.31 Å². The Morgan fingerprint density at radius 2 is 2.00 bits per heavy atom. The summed E-state index contributed by atoms with van der Waals surface area (Å²) >= 11 is 0. The van der Waals surface area contributed by atoms with E-state index >= 15 is 0 Å². The van der Waals surface area contributed by atoms with Gasteiger partial charge in [-0.05, 0) is 37.0 Å². The highest BCUT2D eigenvalue weighted by atomic mass is 32.2. The van der Waals surface area contributed by atoms with Gasteiger partial charge in [0.2, 0.25) is 10.0 Å². The van der Waals surface area contributed by atoms with Crippen molar-refractivity contribution >= 4 is 10.0 Å². The quantitative estimate of drug-likeness (QED) is 0.747. The fourth-order valence-corrected chi connectivity index (χ4v) is 3.56. The summed E-state index contributed by atoms with van der Waals surface area (Å²) in [4.78, 5) is 0.307. The Morgan fingerprint density at radius 1 is 1.33 bits per heavy atom. The highest BCUT2D eigenvalue weighted by Gasteiger charge is 2.23. The number of benzene rings is 1. The first-order chi connectivity index (χ1) is 10.1. The molecule has 0 heterocycles. The van der Waals surface area contributed by atoms with Crippen molar-refractivity contribution in [3.8, 4) is 12.3 Å². The molecule has 0 atom stereocenters. The van der Waals surface area contributed by atoms with Crippen LogP contribution in [0, 0.1) is 12.3 Å². The predicted molar refractivity (Wildman–Crippen MR) is 84.2 cm³/mol. The van der Waals surface area contributed by atoms with Crippen molar-refractivity contribution in [2.24, 2.45) is 0 Å². The zero-order valence-electron chi connectivity index (χ0n) is 12.4. The van der Waals surface area contributed by atoms with Gasteiger partial charge in [-0.25, -0.2) is 8.42 Å². The minimum Gasteiger partial charge on any atom is -0.310 e. The average Bonchev–Trinajstić information content (AvgIpc) is 3.29. The Labute approximate surface area is 127 Å². The van der Waals surface area contributed by atoms with E-state index < -0.39 is 10.0 Å². The van der Waals surface area contributed by atoms with Crippen molar-refractivity contribution in [2.45, 2.75) is 43.7 Å². The second kappa shape index (κ2) is 7.08. The molecule has 0 bridgehead atoms. The standard InChI is InChI=1S/C16H22N2O2S/c1-3-11-18(12-4-2)21(19,20)16-9-5-14(6-10-16)13-17-15-7-8-15/h1,5-6,9-10,15,17H,4,7-8,11-13H2,2H3. The number of nitrogens with zero attached hydrogens (tertiary/aromatic N) is 1. The van der Waals surface area contributed by atoms with Gasteiger partial charge in [0.25, 0.3) is 0 Å². The molecule has 0 unspecified atom stereocenters. The number of hydrogen-bond donors (Lipinski definition) is 1. The van der Waals surface area contributed by atoms with Crippen molar-refractivity contribution in [3.63, 3.8) is 0 Å². The van der Waals surface area contributed by atoms with Crippen LogP contribution in [0.5, 0.6) is 0 Å². The minimum atomic E-state index is -3.49. The summed E-state index contributed by atoms with van der Waals surface area (Å²) in [6.07, 6.45) is 8.49. The summed E-state index contributed by atoms with van der Waals surface area (Å²) in [7, 11) is -3.49. The van der Waals surface area contributed by atoms with E-state index in [0.717, 1.165) is 18.5 Å². The van der Waals surface area contributed by atoms with E-state index in [9.17, 15) is 8.42 Å². The van der Waals surface area contributed by atoms with Crippen LogP contribution in [0.25, 0.3) is 0 Å². The lowest BCUT2D eigenvalue weighted by atomic mass is 10.2. The van der Waals surface area contributed by atoms with Crippen LogP contribution in [0.2, 0.25) is 0 Å². The lowest BCUT2D eigenvalue weighted by Crippen LogP contribution is -2.32. The highest BCUT2D eigenvalue weighted by molar-refractivity contribution is 7.89. The van der Waals surface area contributed by atoms with E-state index in [-0.39, 0.29) is 6.54 Å². The van der Waals surface area contributed by atoms with Crippen molar-refractivity contribution in [3.05, 3.63) is 29.8 Å². The van der Waals surface area contributed by atoms with E-state index in [1.165, 1.54) is 17.1 Å². The average molecular weight is 306 g/mol. The largest absolute Gasteiger partial charge is 0.310 e. The van der Waals surface area contributed by atoms with E-state index in [0.29, 0.717) is 17.5 Å². The molecule has 4 nitrogen and oxygen atoms in total. The molecule has 1 aliphatic carbocycles. The smallest absolute Gasteiger partial charge is 0.243 e. The lowest BCUT2D eigenvalue weighted by Gasteiger charge is -2.19. The minimum absolute atomic E-state index is 0.112. The normalized spacial score (nSPS) is 15.1. The maximum Gasteiger partial charge on any atom is 0.243 e. The second-order valence-electron chi connectivity index (χ2n) is 5.34. The molecule has 0 aliphatic heterocycles. The van der Waals surface area contributed by atoms with Crippen molar-refractivity contribution in [2.75, 3.05) is 13.1 Å². The molecule has 1 aliphatic rings. The van der Waals surface area contributed by atoms with Crippen molar-refractivity contribution < 1.29 is 8.42 Å². The van der Waals surface area contributed by atoms with E-state index in [4.69, 9.17) is 6.42 Å². The van der Waals surface area contributed by atoms with Gasteiger partial charge in [0.05, 0.1) is 11.4 Å². The SMILES string of the molecule is C#CCN(CCC)S(=O)(=O)c1ccc(CNC2CC2)cc1. The number of sulfonamides is 1. The molecule has 1 aromatic rings. The Morgan fingerprint density at radius 3 is 2.52 bits per heavy atom. The van der Waals surface area contributed by atoms with Gasteiger partial charge >= 0.3 is 0 Å². The molecule has 5 heteroatoms. The summed E-state index contributed by atoms with van der Waals surface area (Å²) in [5.74, 6) is 2.42. The molecule has 0 radical (unpaired) electrons. The van der Waals surface area contributed by atoms with E-state index in [2.05, 4.69) is 11.2 Å². The first kappa shape index (κ1) is 16.0. The summed E-state index contributed by atoms with van der Waals surface area (Å²) in [6, 6.07) is 7.70. The van der Waals surface area contributed by atoms with Crippen molar-refractivity contribution in [1.82, 2.24) is 9.62 Å². The first-order valence-corrected chi connectivity index (χ1v) is 8.78. The van der Waals surface area contributed by atoms with Crippen LogP contribution in [0.3, 0.4) is 0 Å². The number of terminal acetylenes is 1. The Kier molecular flexibility index (Phi) is 5.40. The van der Waals surface area contributed by atoms with E-state index in [1.54, 1.807) is 12.1 Å². The van der Waals surface area contributed by atoms with Gasteiger partial charge in [0.1, 0.15) is 0 Å². The highest BCUT2D eigenvalue weighted by Crippen LogP contribution is 2.20. The zero-order chi connectivity index (χ0) is 15.3. The van der Waals surface area contributed by atoms with Crippen molar-refractivity contribution in [1.29, 1.82) is 0 Å². The fraction of sp³-hybridized carbons (Fsp3) is 0.500. The third-order valence-electron chi connectivity index (χ3n) is 3.47. The lowest BCUT2D eigenvalue weighted by molar-refractivity contribution is 0.445. The number of nitrogens with one attached hydrogen (secondary N) is 1. The second-order valence-corrected chi connectivity index (χ2v) is 7.28. The van der Waals surface area contributed by atoms with Gasteiger partial charge in [0, 0.05) is 19.1 Å². The van der Waals surface area contributed by atoms with Gasteiger partial charge in [0.15, 0.2) is 0 Å². The summed E-state index contributed by atoms with van der Waals surface area (Å²) in [5.41, 5.74) is 1.10. The van der Waals surface area contributed by atoms with Crippen LogP contribution in [-0.4, -0.2) is 31.9 Å². The van der Waals surface area contributed by atoms with Crippen LogP contribution in [0.1, 0.15) is 31.7 Å². The molecule has 0 aromatic heterocycles. The maximum atomic E-state index is 12.5. The Hall–Kier alpha value is -1.35. The zero-order valence-corrected chi connectivity index (χ0v) is 13.2. The topological polar surface area (TPSA) is 49.4 Å². The molecule has 2 rings (SSSR count). The third-order valence-corrected chi connectivity index (χ3v) is 5.33. The number of rotatable bonds is 8.